The van der Waals surface area contributed by atoms with E-state index in [1.165, 1.54) is 4.88 Å². The van der Waals surface area contributed by atoms with Gasteiger partial charge in [0.05, 0.1) is 17.2 Å². The molecule has 1 atom stereocenters. The second-order valence-electron chi connectivity index (χ2n) is 5.46. The van der Waals surface area contributed by atoms with Gasteiger partial charge in [0.25, 0.3) is 0 Å². The first-order valence-electron chi connectivity index (χ1n) is 6.37. The number of carbonyl (C=O) groups is 1. The van der Waals surface area contributed by atoms with Crippen molar-refractivity contribution < 1.29 is 4.79 Å². The zero-order valence-electron chi connectivity index (χ0n) is 11.5. The Morgan fingerprint density at radius 3 is 2.72 bits per heavy atom. The summed E-state index contributed by atoms with van der Waals surface area (Å²) in [5, 5.41) is 7.33. The van der Waals surface area contributed by atoms with Crippen molar-refractivity contribution in [3.63, 3.8) is 0 Å². The average Bonchev–Trinajstić information content (AvgIpc) is 2.89. The van der Waals surface area contributed by atoms with Crippen molar-refractivity contribution in [1.29, 1.82) is 0 Å². The van der Waals surface area contributed by atoms with Crippen LogP contribution in [0.3, 0.4) is 0 Å². The summed E-state index contributed by atoms with van der Waals surface area (Å²) in [4.78, 5) is 17.9. The number of hydrogen-bond acceptors (Lipinski definition) is 4. The molecule has 1 unspecified atom stereocenters. The van der Waals surface area contributed by atoms with Gasteiger partial charge < -0.3 is 10.6 Å². The molecule has 2 rings (SSSR count). The van der Waals surface area contributed by atoms with Crippen LogP contribution >= 0.6 is 11.3 Å². The fourth-order valence-electron chi connectivity index (χ4n) is 2.08. The highest BCUT2D eigenvalue weighted by Crippen LogP contribution is 2.27. The minimum absolute atomic E-state index is 0.103. The molecule has 1 aliphatic rings. The van der Waals surface area contributed by atoms with Gasteiger partial charge in [-0.3, -0.25) is 4.79 Å². The average molecular weight is 267 g/mol. The van der Waals surface area contributed by atoms with Crippen molar-refractivity contribution in [2.75, 3.05) is 13.1 Å². The van der Waals surface area contributed by atoms with E-state index in [0.717, 1.165) is 30.2 Å². The summed E-state index contributed by atoms with van der Waals surface area (Å²) in [5.74, 6) is 0.238. The van der Waals surface area contributed by atoms with E-state index in [1.54, 1.807) is 11.3 Å². The number of thiazole rings is 1. The number of rotatable bonds is 3. The summed E-state index contributed by atoms with van der Waals surface area (Å²) in [6, 6.07) is 0. The molecule has 1 saturated heterocycles. The summed E-state index contributed by atoms with van der Waals surface area (Å²) >= 11 is 1.66. The second-order valence-corrected chi connectivity index (χ2v) is 6.67. The molecule has 0 bridgehead atoms. The predicted octanol–water partition coefficient (Wildman–Crippen LogP) is 1.72. The van der Waals surface area contributed by atoms with Gasteiger partial charge >= 0.3 is 0 Å². The number of hydrogen-bond donors (Lipinski definition) is 2. The molecule has 100 valence electrons. The Morgan fingerprint density at radius 2 is 2.22 bits per heavy atom. The Hall–Kier alpha value is -0.940. The van der Waals surface area contributed by atoms with Crippen LogP contribution in [-0.2, 0) is 10.3 Å². The molecule has 0 spiro atoms. The lowest BCUT2D eigenvalue weighted by Gasteiger charge is -2.25. The number of aromatic nitrogens is 1. The minimum atomic E-state index is -0.386. The van der Waals surface area contributed by atoms with E-state index in [9.17, 15) is 4.79 Å². The normalized spacial score (nSPS) is 20.1. The molecule has 18 heavy (non-hydrogen) atoms. The van der Waals surface area contributed by atoms with Crippen LogP contribution in [0.1, 0.15) is 35.8 Å². The topological polar surface area (TPSA) is 54.0 Å². The standard InChI is InChI=1S/C13H21N3OS/c1-8-9(2)18-12(15-8)13(3,4)16-11(17)10-5-6-14-7-10/h10,14H,5-7H2,1-4H3,(H,16,17). The maximum atomic E-state index is 12.2. The smallest absolute Gasteiger partial charge is 0.225 e. The Morgan fingerprint density at radius 1 is 1.50 bits per heavy atom. The van der Waals surface area contributed by atoms with Crippen LogP contribution in [0.2, 0.25) is 0 Å². The molecule has 1 aromatic rings. The molecule has 0 aromatic carbocycles. The molecule has 2 heterocycles. The molecular formula is C13H21N3OS. The second kappa shape index (κ2) is 4.97. The number of amides is 1. The summed E-state index contributed by atoms with van der Waals surface area (Å²) < 4.78 is 0. The molecule has 0 radical (unpaired) electrons. The third kappa shape index (κ3) is 2.72. The monoisotopic (exact) mass is 267 g/mol. The third-order valence-corrected chi connectivity index (χ3v) is 4.83. The summed E-state index contributed by atoms with van der Waals surface area (Å²) in [6.07, 6.45) is 0.928. The van der Waals surface area contributed by atoms with Crippen molar-refractivity contribution in [1.82, 2.24) is 15.6 Å². The molecule has 2 N–H and O–H groups in total. The molecular weight excluding hydrogens is 246 g/mol. The minimum Gasteiger partial charge on any atom is -0.344 e. The summed E-state index contributed by atoms with van der Waals surface area (Å²) in [5.41, 5.74) is 0.670. The maximum absolute atomic E-state index is 12.2. The lowest BCUT2D eigenvalue weighted by molar-refractivity contribution is -0.126. The zero-order chi connectivity index (χ0) is 13.3. The first-order chi connectivity index (χ1) is 8.40. The molecule has 5 heteroatoms. The van der Waals surface area contributed by atoms with Crippen molar-refractivity contribution in [3.05, 3.63) is 15.6 Å². The molecule has 1 amide bonds. The van der Waals surface area contributed by atoms with Crippen LogP contribution < -0.4 is 10.6 Å². The van der Waals surface area contributed by atoms with Crippen LogP contribution in [-0.4, -0.2) is 24.0 Å². The Balaban J connectivity index is 2.08. The van der Waals surface area contributed by atoms with Crippen molar-refractivity contribution in [3.8, 4) is 0 Å². The van der Waals surface area contributed by atoms with E-state index in [-0.39, 0.29) is 17.4 Å². The number of nitrogens with one attached hydrogen (secondary N) is 2. The first kappa shape index (κ1) is 13.5. The van der Waals surface area contributed by atoms with Gasteiger partial charge in [0.15, 0.2) is 0 Å². The van der Waals surface area contributed by atoms with Gasteiger partial charge in [-0.2, -0.15) is 0 Å². The molecule has 1 aromatic heterocycles. The van der Waals surface area contributed by atoms with E-state index in [0.29, 0.717) is 0 Å². The molecule has 1 aliphatic heterocycles. The third-order valence-electron chi connectivity index (χ3n) is 3.43. The van der Waals surface area contributed by atoms with Gasteiger partial charge in [-0.25, -0.2) is 4.98 Å². The lowest BCUT2D eigenvalue weighted by Crippen LogP contribution is -2.44. The molecule has 0 saturated carbocycles. The van der Waals surface area contributed by atoms with Crippen LogP contribution in [0.5, 0.6) is 0 Å². The fraction of sp³-hybridized carbons (Fsp3) is 0.692. The highest BCUT2D eigenvalue weighted by atomic mass is 32.1. The van der Waals surface area contributed by atoms with Crippen molar-refractivity contribution >= 4 is 17.2 Å². The SMILES string of the molecule is Cc1nc(C(C)(C)NC(=O)C2CCNC2)sc1C. The highest BCUT2D eigenvalue weighted by Gasteiger charge is 2.31. The van der Waals surface area contributed by atoms with Crippen molar-refractivity contribution in [2.45, 2.75) is 39.7 Å². The van der Waals surface area contributed by atoms with Gasteiger partial charge in [-0.05, 0) is 40.7 Å². The maximum Gasteiger partial charge on any atom is 0.225 e. The van der Waals surface area contributed by atoms with Gasteiger partial charge in [-0.1, -0.05) is 0 Å². The van der Waals surface area contributed by atoms with Gasteiger partial charge in [-0.15, -0.1) is 11.3 Å². The van der Waals surface area contributed by atoms with E-state index in [1.807, 2.05) is 20.8 Å². The Bertz CT molecular complexity index is 428. The Kier molecular flexibility index (Phi) is 3.73. The van der Waals surface area contributed by atoms with Crippen LogP contribution in [0.4, 0.5) is 0 Å². The van der Waals surface area contributed by atoms with Crippen LogP contribution in [0.15, 0.2) is 0 Å². The predicted molar refractivity (Wildman–Crippen MR) is 73.7 cm³/mol. The number of carbonyl (C=O) groups excluding carboxylic acids is 1. The van der Waals surface area contributed by atoms with E-state index >= 15 is 0 Å². The van der Waals surface area contributed by atoms with Gasteiger partial charge in [0, 0.05) is 11.4 Å². The van der Waals surface area contributed by atoms with Crippen LogP contribution in [0.25, 0.3) is 0 Å². The zero-order valence-corrected chi connectivity index (χ0v) is 12.3. The van der Waals surface area contributed by atoms with Gasteiger partial charge in [0.1, 0.15) is 5.01 Å². The van der Waals surface area contributed by atoms with E-state index < -0.39 is 0 Å². The van der Waals surface area contributed by atoms with E-state index in [4.69, 9.17) is 0 Å². The number of aryl methyl sites for hydroxylation is 2. The fourth-order valence-corrected chi connectivity index (χ4v) is 3.05. The largest absolute Gasteiger partial charge is 0.344 e. The first-order valence-corrected chi connectivity index (χ1v) is 7.19. The Labute approximate surface area is 112 Å². The summed E-state index contributed by atoms with van der Waals surface area (Å²) in [7, 11) is 0. The number of nitrogens with zero attached hydrogens (tertiary/aromatic N) is 1. The highest BCUT2D eigenvalue weighted by molar-refractivity contribution is 7.11. The molecule has 1 fully saturated rings. The van der Waals surface area contributed by atoms with Crippen LogP contribution in [0, 0.1) is 19.8 Å². The quantitative estimate of drug-likeness (QED) is 0.877. The van der Waals surface area contributed by atoms with Crippen molar-refractivity contribution in [2.24, 2.45) is 5.92 Å². The molecule has 0 aliphatic carbocycles. The molecule has 4 nitrogen and oxygen atoms in total. The van der Waals surface area contributed by atoms with E-state index in [2.05, 4.69) is 22.5 Å². The van der Waals surface area contributed by atoms with Gasteiger partial charge in [0.2, 0.25) is 5.91 Å². The lowest BCUT2D eigenvalue weighted by atomic mass is 10.0. The summed E-state index contributed by atoms with van der Waals surface area (Å²) in [6.45, 7) is 9.84.